The largest absolute Gasteiger partial charge is 0.494 e. The Morgan fingerprint density at radius 2 is 2.03 bits per heavy atom. The first kappa shape index (κ1) is 24.1. The second-order valence-electron chi connectivity index (χ2n) is 8.04. The van der Waals surface area contributed by atoms with Crippen LogP contribution in [0.4, 0.5) is 4.39 Å². The third kappa shape index (κ3) is 5.64. The molecule has 0 saturated heterocycles. The number of rotatable bonds is 9. The Morgan fingerprint density at radius 1 is 1.27 bits per heavy atom. The predicted octanol–water partition coefficient (Wildman–Crippen LogP) is 2.14. The van der Waals surface area contributed by atoms with Crippen molar-refractivity contribution >= 4 is 16.9 Å². The third-order valence-electron chi connectivity index (χ3n) is 4.79. The number of hydrogen-bond donors (Lipinski definition) is 2. The molecule has 2 heterocycles. The van der Waals surface area contributed by atoms with Crippen molar-refractivity contribution in [2.24, 2.45) is 5.92 Å². The van der Waals surface area contributed by atoms with E-state index in [9.17, 15) is 19.1 Å². The number of aromatic nitrogens is 3. The molecule has 176 valence electrons. The molecule has 2 aromatic heterocycles. The fraction of sp³-hybridized carbons (Fsp3) is 0.391. The van der Waals surface area contributed by atoms with Gasteiger partial charge in [0.1, 0.15) is 18.1 Å². The van der Waals surface area contributed by atoms with Crippen LogP contribution in [0.25, 0.3) is 22.4 Å². The monoisotopic (exact) mass is 458 g/mol. The molecule has 0 spiro atoms. The third-order valence-corrected chi connectivity index (χ3v) is 4.79. The highest BCUT2D eigenvalue weighted by Gasteiger charge is 2.19. The van der Waals surface area contributed by atoms with Gasteiger partial charge >= 0.3 is 0 Å². The minimum Gasteiger partial charge on any atom is -0.494 e. The SMILES string of the molecule is COc1cc(-c2nc3ncc(OC[C@@H](C)CO)cc3c(=O)n2CC(=O)NC(C)C)ccc1F. The number of methoxy groups -OCH3 is 1. The summed E-state index contributed by atoms with van der Waals surface area (Å²) in [6.45, 7) is 5.36. The molecule has 2 N–H and O–H groups in total. The van der Waals surface area contributed by atoms with Gasteiger partial charge in [-0.15, -0.1) is 0 Å². The number of nitrogens with one attached hydrogen (secondary N) is 1. The Labute approximate surface area is 190 Å². The molecule has 0 bridgehead atoms. The van der Waals surface area contributed by atoms with Crippen LogP contribution in [0.5, 0.6) is 11.5 Å². The molecule has 0 radical (unpaired) electrons. The molecule has 0 aliphatic rings. The van der Waals surface area contributed by atoms with Crippen LogP contribution < -0.4 is 20.3 Å². The average molecular weight is 458 g/mol. The Balaban J connectivity index is 2.14. The molecule has 1 atom stereocenters. The van der Waals surface area contributed by atoms with E-state index in [1.165, 1.54) is 42.1 Å². The van der Waals surface area contributed by atoms with Crippen molar-refractivity contribution in [2.75, 3.05) is 20.3 Å². The van der Waals surface area contributed by atoms with Crippen LogP contribution in [0.3, 0.4) is 0 Å². The van der Waals surface area contributed by atoms with Gasteiger partial charge in [-0.25, -0.2) is 14.4 Å². The summed E-state index contributed by atoms with van der Waals surface area (Å²) < 4.78 is 25.8. The summed E-state index contributed by atoms with van der Waals surface area (Å²) in [5.74, 6) is -0.553. The zero-order chi connectivity index (χ0) is 24.1. The van der Waals surface area contributed by atoms with E-state index in [2.05, 4.69) is 15.3 Å². The number of hydrogen-bond acceptors (Lipinski definition) is 7. The van der Waals surface area contributed by atoms with E-state index < -0.39 is 11.4 Å². The van der Waals surface area contributed by atoms with E-state index in [-0.39, 0.29) is 60.2 Å². The van der Waals surface area contributed by atoms with Crippen LogP contribution in [-0.2, 0) is 11.3 Å². The van der Waals surface area contributed by atoms with E-state index in [0.717, 1.165) is 0 Å². The maximum atomic E-state index is 14.0. The Kier molecular flexibility index (Phi) is 7.59. The highest BCUT2D eigenvalue weighted by Crippen LogP contribution is 2.26. The van der Waals surface area contributed by atoms with Gasteiger partial charge in [-0.3, -0.25) is 14.2 Å². The first-order valence-electron chi connectivity index (χ1n) is 10.5. The van der Waals surface area contributed by atoms with Gasteiger partial charge in [-0.1, -0.05) is 6.92 Å². The molecule has 0 aliphatic heterocycles. The van der Waals surface area contributed by atoms with Gasteiger partial charge in [0.05, 0.1) is 25.3 Å². The number of pyridine rings is 1. The molecular formula is C23H27FN4O5. The summed E-state index contributed by atoms with van der Waals surface area (Å²) in [5, 5.41) is 12.1. The smallest absolute Gasteiger partial charge is 0.263 e. The van der Waals surface area contributed by atoms with E-state index in [1.54, 1.807) is 0 Å². The second kappa shape index (κ2) is 10.4. The number of amides is 1. The molecule has 0 aliphatic carbocycles. The molecule has 1 aromatic carbocycles. The van der Waals surface area contributed by atoms with Gasteiger partial charge in [0.25, 0.3) is 5.56 Å². The predicted molar refractivity (Wildman–Crippen MR) is 121 cm³/mol. The zero-order valence-corrected chi connectivity index (χ0v) is 19.0. The van der Waals surface area contributed by atoms with E-state index in [1.807, 2.05) is 20.8 Å². The summed E-state index contributed by atoms with van der Waals surface area (Å²) in [4.78, 5) is 34.7. The van der Waals surface area contributed by atoms with Gasteiger partial charge in [0.15, 0.2) is 17.2 Å². The van der Waals surface area contributed by atoms with Crippen LogP contribution in [-0.4, -0.2) is 51.9 Å². The Hall–Kier alpha value is -3.53. The number of halogens is 1. The maximum absolute atomic E-state index is 14.0. The lowest BCUT2D eigenvalue weighted by atomic mass is 10.1. The second-order valence-corrected chi connectivity index (χ2v) is 8.04. The fourth-order valence-corrected chi connectivity index (χ4v) is 3.13. The van der Waals surface area contributed by atoms with Crippen molar-refractivity contribution < 1.29 is 23.8 Å². The van der Waals surface area contributed by atoms with E-state index >= 15 is 0 Å². The molecular weight excluding hydrogens is 431 g/mol. The van der Waals surface area contributed by atoms with Gasteiger partial charge in [0.2, 0.25) is 5.91 Å². The summed E-state index contributed by atoms with van der Waals surface area (Å²) in [5.41, 5.74) is 0.0511. The molecule has 1 amide bonds. The number of benzene rings is 1. The van der Waals surface area contributed by atoms with E-state index in [4.69, 9.17) is 9.47 Å². The Morgan fingerprint density at radius 3 is 2.70 bits per heavy atom. The van der Waals surface area contributed by atoms with Gasteiger partial charge in [-0.2, -0.15) is 0 Å². The zero-order valence-electron chi connectivity index (χ0n) is 19.0. The molecule has 0 unspecified atom stereocenters. The van der Waals surface area contributed by atoms with Crippen molar-refractivity contribution in [1.29, 1.82) is 0 Å². The van der Waals surface area contributed by atoms with Gasteiger partial charge < -0.3 is 19.9 Å². The topological polar surface area (TPSA) is 116 Å². The van der Waals surface area contributed by atoms with Crippen molar-refractivity contribution in [1.82, 2.24) is 19.9 Å². The lowest BCUT2D eigenvalue weighted by Crippen LogP contribution is -2.37. The van der Waals surface area contributed by atoms with Crippen LogP contribution in [0.15, 0.2) is 35.3 Å². The molecule has 0 fully saturated rings. The molecule has 9 nitrogen and oxygen atoms in total. The number of carbonyl (C=O) groups excluding carboxylic acids is 1. The Bertz CT molecular complexity index is 1210. The molecule has 0 saturated carbocycles. The normalized spacial score (nSPS) is 12.1. The number of carbonyl (C=O) groups is 1. The van der Waals surface area contributed by atoms with Crippen LogP contribution >= 0.6 is 0 Å². The summed E-state index contributed by atoms with van der Waals surface area (Å²) in [7, 11) is 1.33. The molecule has 3 aromatic rings. The molecule has 10 heteroatoms. The molecule has 33 heavy (non-hydrogen) atoms. The van der Waals surface area contributed by atoms with Crippen LogP contribution in [0.1, 0.15) is 20.8 Å². The highest BCUT2D eigenvalue weighted by molar-refractivity contribution is 5.80. The minimum atomic E-state index is -0.564. The number of ether oxygens (including phenoxy) is 2. The number of nitrogens with zero attached hydrogens (tertiary/aromatic N) is 3. The standard InChI is InChI=1S/C23H27FN4O5/c1-13(2)26-20(30)10-28-22(15-5-6-18(24)19(7-15)32-4)27-21-17(23(28)31)8-16(9-25-21)33-12-14(3)11-29/h5-9,13-14,29H,10-12H2,1-4H3,(H,26,30)/t14-/m0/s1. The van der Waals surface area contributed by atoms with Crippen molar-refractivity contribution in [3.05, 3.63) is 46.6 Å². The van der Waals surface area contributed by atoms with Crippen molar-refractivity contribution in [3.63, 3.8) is 0 Å². The van der Waals surface area contributed by atoms with Crippen LogP contribution in [0, 0.1) is 11.7 Å². The number of aliphatic hydroxyl groups excluding tert-OH is 1. The number of fused-ring (bicyclic) bond motifs is 1. The minimum absolute atomic E-state index is 0.0188. The maximum Gasteiger partial charge on any atom is 0.263 e. The van der Waals surface area contributed by atoms with E-state index in [0.29, 0.717) is 11.3 Å². The first-order chi connectivity index (χ1) is 15.7. The number of aliphatic hydroxyl groups is 1. The molecule has 3 rings (SSSR count). The van der Waals surface area contributed by atoms with Crippen LogP contribution in [0.2, 0.25) is 0 Å². The average Bonchev–Trinajstić information content (AvgIpc) is 2.79. The van der Waals surface area contributed by atoms with Crippen molar-refractivity contribution in [2.45, 2.75) is 33.4 Å². The summed E-state index contributed by atoms with van der Waals surface area (Å²) >= 11 is 0. The van der Waals surface area contributed by atoms with Gasteiger partial charge in [0, 0.05) is 24.1 Å². The highest BCUT2D eigenvalue weighted by atomic mass is 19.1. The lowest BCUT2D eigenvalue weighted by molar-refractivity contribution is -0.122. The fourth-order valence-electron chi connectivity index (χ4n) is 3.13. The van der Waals surface area contributed by atoms with Crippen molar-refractivity contribution in [3.8, 4) is 22.9 Å². The quantitative estimate of drug-likeness (QED) is 0.505. The summed E-state index contributed by atoms with van der Waals surface area (Å²) in [6, 6.07) is 5.46. The lowest BCUT2D eigenvalue weighted by Gasteiger charge is -2.16. The van der Waals surface area contributed by atoms with Gasteiger partial charge in [-0.05, 0) is 38.1 Å². The summed E-state index contributed by atoms with van der Waals surface area (Å²) in [6.07, 6.45) is 1.43. The first-order valence-corrected chi connectivity index (χ1v) is 10.5.